The summed E-state index contributed by atoms with van der Waals surface area (Å²) in [6.45, 7) is 2.97. The highest BCUT2D eigenvalue weighted by Crippen LogP contribution is 2.31. The predicted octanol–water partition coefficient (Wildman–Crippen LogP) is 0.634. The third-order valence-corrected chi connectivity index (χ3v) is 4.86. The molecule has 1 aromatic carbocycles. The monoisotopic (exact) mass is 294 g/mol. The fourth-order valence-corrected chi connectivity index (χ4v) is 3.79. The Morgan fingerprint density at radius 2 is 2.23 bits per heavy atom. The number of rotatable bonds is 2. The highest BCUT2D eigenvalue weighted by atomic mass is 16.4. The number of nitrogens with one attached hydrogen (secondary N) is 2. The topological polar surface area (TPSA) is 60.4 Å². The number of hydrogen-bond donors (Lipinski definition) is 2. The number of carbonyl (C=O) groups is 1. The molecule has 0 aliphatic carbocycles. The van der Waals surface area contributed by atoms with Gasteiger partial charge < -0.3 is 14.9 Å². The molecule has 4 nitrogen and oxygen atoms in total. The van der Waals surface area contributed by atoms with E-state index < -0.39 is 5.97 Å². The summed E-state index contributed by atoms with van der Waals surface area (Å²) in [6, 6.07) is 8.32. The van der Waals surface area contributed by atoms with E-state index in [0.29, 0.717) is 5.57 Å². The Labute approximate surface area is 128 Å². The van der Waals surface area contributed by atoms with Crippen LogP contribution in [0.3, 0.4) is 0 Å². The molecule has 0 fully saturated rings. The maximum absolute atomic E-state index is 11.4. The van der Waals surface area contributed by atoms with Gasteiger partial charge in [0, 0.05) is 28.5 Å². The summed E-state index contributed by atoms with van der Waals surface area (Å²) in [5.74, 6) is -1.07. The maximum atomic E-state index is 11.4. The number of para-hydroxylation sites is 1. The Morgan fingerprint density at radius 1 is 1.41 bits per heavy atom. The van der Waals surface area contributed by atoms with Crippen molar-refractivity contribution in [2.75, 3.05) is 6.54 Å². The molecular formula is C18H18N2O2. The molecule has 0 bridgehead atoms. The molecule has 2 aromatic rings. The molecule has 2 aliphatic rings. The van der Waals surface area contributed by atoms with Crippen molar-refractivity contribution >= 4 is 16.9 Å². The summed E-state index contributed by atoms with van der Waals surface area (Å²) in [7, 11) is 0. The Hall–Kier alpha value is -2.33. The van der Waals surface area contributed by atoms with Crippen LogP contribution in [-0.4, -0.2) is 17.5 Å². The largest absolute Gasteiger partial charge is 0.545 e. The average molecular weight is 294 g/mol. The van der Waals surface area contributed by atoms with Gasteiger partial charge in [0.15, 0.2) is 6.04 Å². The minimum absolute atomic E-state index is 0.0411. The van der Waals surface area contributed by atoms with Gasteiger partial charge in [-0.05, 0) is 24.1 Å². The molecule has 112 valence electrons. The molecule has 2 N–H and O–H groups in total. The zero-order chi connectivity index (χ0) is 15.3. The van der Waals surface area contributed by atoms with Crippen LogP contribution in [0.2, 0.25) is 0 Å². The van der Waals surface area contributed by atoms with Gasteiger partial charge in [-0.15, -0.1) is 0 Å². The molecule has 0 amide bonds. The summed E-state index contributed by atoms with van der Waals surface area (Å²) in [5, 5.41) is 12.7. The lowest BCUT2D eigenvalue weighted by Crippen LogP contribution is -3.09. The standard InChI is InChI=1S/C18H18N2O2/c1-2-11-10-20-8-7-13-12-5-3-4-6-15(12)19-17(13)16(20)9-14(11)18(21)22/h3-6,9-10,16,19H,2,7-8H2,1H3,(H,21,22). The van der Waals surface area contributed by atoms with Gasteiger partial charge in [0.05, 0.1) is 24.4 Å². The van der Waals surface area contributed by atoms with Gasteiger partial charge in [-0.2, -0.15) is 0 Å². The number of aliphatic carboxylic acids is 1. The van der Waals surface area contributed by atoms with Crippen LogP contribution in [0.1, 0.15) is 30.6 Å². The molecule has 1 aromatic heterocycles. The van der Waals surface area contributed by atoms with Crippen LogP contribution in [-0.2, 0) is 11.2 Å². The van der Waals surface area contributed by atoms with Crippen molar-refractivity contribution in [1.29, 1.82) is 0 Å². The van der Waals surface area contributed by atoms with E-state index in [1.54, 1.807) is 0 Å². The Kier molecular flexibility index (Phi) is 2.94. The maximum Gasteiger partial charge on any atom is 0.152 e. The van der Waals surface area contributed by atoms with E-state index in [1.165, 1.54) is 15.8 Å². The number of quaternary nitrogens is 1. The molecule has 0 saturated carbocycles. The van der Waals surface area contributed by atoms with Crippen LogP contribution in [0.5, 0.6) is 0 Å². The number of benzene rings is 1. The second kappa shape index (κ2) is 4.85. The number of H-pyrrole nitrogens is 1. The van der Waals surface area contributed by atoms with Gasteiger partial charge in [0.2, 0.25) is 0 Å². The van der Waals surface area contributed by atoms with Crippen LogP contribution in [0, 0.1) is 0 Å². The SMILES string of the molecule is CCC1=C[NH+]2CCc3c([nH]c4ccccc34)C2C=C1C(=O)[O-]. The molecular weight excluding hydrogens is 276 g/mol. The van der Waals surface area contributed by atoms with E-state index in [9.17, 15) is 9.90 Å². The van der Waals surface area contributed by atoms with Crippen LogP contribution >= 0.6 is 0 Å². The van der Waals surface area contributed by atoms with Gasteiger partial charge in [0.25, 0.3) is 0 Å². The van der Waals surface area contributed by atoms with E-state index in [1.807, 2.05) is 25.1 Å². The van der Waals surface area contributed by atoms with Crippen LogP contribution in [0.15, 0.2) is 47.7 Å². The van der Waals surface area contributed by atoms with Crippen molar-refractivity contribution in [2.24, 2.45) is 0 Å². The lowest BCUT2D eigenvalue weighted by molar-refractivity contribution is -0.877. The van der Waals surface area contributed by atoms with E-state index in [-0.39, 0.29) is 6.04 Å². The molecule has 0 radical (unpaired) electrons. The van der Waals surface area contributed by atoms with Gasteiger partial charge in [-0.25, -0.2) is 0 Å². The zero-order valence-electron chi connectivity index (χ0n) is 12.5. The molecule has 22 heavy (non-hydrogen) atoms. The summed E-state index contributed by atoms with van der Waals surface area (Å²) < 4.78 is 0. The number of fused-ring (bicyclic) bond motifs is 5. The number of carbonyl (C=O) groups excluding carboxylic acids is 1. The molecule has 3 heterocycles. The van der Waals surface area contributed by atoms with Crippen molar-refractivity contribution in [3.8, 4) is 0 Å². The second-order valence-electron chi connectivity index (χ2n) is 6.01. The van der Waals surface area contributed by atoms with E-state index in [4.69, 9.17) is 0 Å². The van der Waals surface area contributed by atoms with Gasteiger partial charge in [0.1, 0.15) is 0 Å². The van der Waals surface area contributed by atoms with Crippen molar-refractivity contribution in [1.82, 2.24) is 4.98 Å². The van der Waals surface area contributed by atoms with Crippen molar-refractivity contribution < 1.29 is 14.8 Å². The average Bonchev–Trinajstić information content (AvgIpc) is 2.92. The molecule has 4 rings (SSSR count). The zero-order valence-corrected chi connectivity index (χ0v) is 12.5. The molecule has 4 heteroatoms. The fraction of sp³-hybridized carbons (Fsp3) is 0.278. The van der Waals surface area contributed by atoms with Crippen molar-refractivity contribution in [2.45, 2.75) is 25.8 Å². The first kappa shape index (κ1) is 13.3. The van der Waals surface area contributed by atoms with Crippen LogP contribution in [0.25, 0.3) is 10.9 Å². The van der Waals surface area contributed by atoms with Crippen molar-refractivity contribution in [3.63, 3.8) is 0 Å². The van der Waals surface area contributed by atoms with E-state index in [2.05, 4.69) is 23.3 Å². The number of hydrogen-bond acceptors (Lipinski definition) is 2. The van der Waals surface area contributed by atoms with Crippen LogP contribution < -0.4 is 10.0 Å². The normalized spacial score (nSPS) is 23.5. The summed E-state index contributed by atoms with van der Waals surface area (Å²) in [6.07, 6.45) is 5.67. The molecule has 2 unspecified atom stereocenters. The highest BCUT2D eigenvalue weighted by Gasteiger charge is 2.35. The first-order valence-corrected chi connectivity index (χ1v) is 7.78. The lowest BCUT2D eigenvalue weighted by Gasteiger charge is -2.33. The Bertz CT molecular complexity index is 829. The second-order valence-corrected chi connectivity index (χ2v) is 6.01. The summed E-state index contributed by atoms with van der Waals surface area (Å²) >= 11 is 0. The van der Waals surface area contributed by atoms with Gasteiger partial charge >= 0.3 is 0 Å². The van der Waals surface area contributed by atoms with Crippen molar-refractivity contribution in [3.05, 3.63) is 58.9 Å². The minimum Gasteiger partial charge on any atom is -0.545 e. The number of carboxylic acids is 1. The van der Waals surface area contributed by atoms with Gasteiger partial charge in [-0.3, -0.25) is 4.90 Å². The van der Waals surface area contributed by atoms with E-state index in [0.717, 1.165) is 36.2 Å². The fourth-order valence-electron chi connectivity index (χ4n) is 3.79. The predicted molar refractivity (Wildman–Crippen MR) is 82.0 cm³/mol. The molecule has 0 saturated heterocycles. The smallest absolute Gasteiger partial charge is 0.152 e. The first-order chi connectivity index (χ1) is 10.7. The quantitative estimate of drug-likeness (QED) is 0.853. The molecule has 0 spiro atoms. The number of aromatic amines is 1. The van der Waals surface area contributed by atoms with E-state index >= 15 is 0 Å². The Morgan fingerprint density at radius 3 is 3.00 bits per heavy atom. The third kappa shape index (κ3) is 1.84. The highest BCUT2D eigenvalue weighted by molar-refractivity contribution is 5.90. The summed E-state index contributed by atoms with van der Waals surface area (Å²) in [4.78, 5) is 16.2. The number of aromatic nitrogens is 1. The van der Waals surface area contributed by atoms with Gasteiger partial charge in [-0.1, -0.05) is 25.1 Å². The molecule has 2 atom stereocenters. The lowest BCUT2D eigenvalue weighted by atomic mass is 9.90. The first-order valence-electron chi connectivity index (χ1n) is 7.78. The Balaban J connectivity index is 1.88. The third-order valence-electron chi connectivity index (χ3n) is 4.86. The summed E-state index contributed by atoms with van der Waals surface area (Å²) in [5.41, 5.74) is 4.83. The molecule has 2 aliphatic heterocycles. The van der Waals surface area contributed by atoms with Crippen LogP contribution in [0.4, 0.5) is 0 Å². The minimum atomic E-state index is -1.07. The number of carboxylic acid groups (broad SMARTS) is 1.